The molecule has 0 bridgehead atoms. The van der Waals surface area contributed by atoms with Crippen molar-refractivity contribution in [2.75, 3.05) is 33.3 Å². The number of amides is 1. The minimum absolute atomic E-state index is 0.0775. The summed E-state index contributed by atoms with van der Waals surface area (Å²) < 4.78 is 5.30. The van der Waals surface area contributed by atoms with Gasteiger partial charge in [-0.15, -0.1) is 0 Å². The lowest BCUT2D eigenvalue weighted by molar-refractivity contribution is -0.135. The molecular formula is C18H29N3O2. The third-order valence-corrected chi connectivity index (χ3v) is 4.75. The van der Waals surface area contributed by atoms with Gasteiger partial charge in [-0.2, -0.15) is 0 Å². The average Bonchev–Trinajstić information content (AvgIpc) is 2.59. The molecule has 1 aliphatic heterocycles. The van der Waals surface area contributed by atoms with E-state index in [-0.39, 0.29) is 11.8 Å². The molecule has 0 saturated carbocycles. The predicted octanol–water partition coefficient (Wildman–Crippen LogP) is 1.88. The van der Waals surface area contributed by atoms with Crippen molar-refractivity contribution < 1.29 is 9.53 Å². The Balaban J connectivity index is 1.94. The van der Waals surface area contributed by atoms with Crippen molar-refractivity contribution >= 4 is 5.91 Å². The highest BCUT2D eigenvalue weighted by Gasteiger charge is 2.28. The van der Waals surface area contributed by atoms with Crippen molar-refractivity contribution in [2.45, 2.75) is 32.9 Å². The maximum atomic E-state index is 12.3. The van der Waals surface area contributed by atoms with Crippen molar-refractivity contribution in [3.63, 3.8) is 0 Å². The first-order valence-corrected chi connectivity index (χ1v) is 8.36. The molecule has 1 unspecified atom stereocenters. The van der Waals surface area contributed by atoms with E-state index in [1.807, 2.05) is 30.9 Å². The second-order valence-corrected chi connectivity index (χ2v) is 6.58. The number of piperazine rings is 1. The van der Waals surface area contributed by atoms with E-state index in [9.17, 15) is 4.79 Å². The molecule has 0 aromatic heterocycles. The van der Waals surface area contributed by atoms with Gasteiger partial charge in [-0.25, -0.2) is 0 Å². The molecule has 5 nitrogen and oxygen atoms in total. The maximum Gasteiger partial charge on any atom is 0.239 e. The van der Waals surface area contributed by atoms with Crippen LogP contribution in [0.15, 0.2) is 24.3 Å². The van der Waals surface area contributed by atoms with E-state index in [2.05, 4.69) is 24.0 Å². The highest BCUT2D eigenvalue weighted by Crippen LogP contribution is 2.25. The van der Waals surface area contributed by atoms with Gasteiger partial charge in [-0.1, -0.05) is 26.0 Å². The molecule has 1 saturated heterocycles. The molecule has 1 aromatic rings. The van der Waals surface area contributed by atoms with Crippen LogP contribution >= 0.6 is 0 Å². The zero-order chi connectivity index (χ0) is 17.0. The summed E-state index contributed by atoms with van der Waals surface area (Å²) in [7, 11) is 1.69. The molecular weight excluding hydrogens is 290 g/mol. The second kappa shape index (κ2) is 7.79. The summed E-state index contributed by atoms with van der Waals surface area (Å²) in [5, 5.41) is 0. The summed E-state index contributed by atoms with van der Waals surface area (Å²) in [6, 6.07) is 8.10. The molecule has 0 aliphatic carbocycles. The van der Waals surface area contributed by atoms with E-state index in [1.165, 1.54) is 5.56 Å². The topological polar surface area (TPSA) is 58.8 Å². The number of carbonyl (C=O) groups excluding carboxylic acids is 1. The number of carbonyl (C=O) groups is 1. The Kier molecular flexibility index (Phi) is 6.02. The van der Waals surface area contributed by atoms with Gasteiger partial charge < -0.3 is 15.4 Å². The highest BCUT2D eigenvalue weighted by atomic mass is 16.5. The Morgan fingerprint density at radius 3 is 2.39 bits per heavy atom. The van der Waals surface area contributed by atoms with Crippen LogP contribution in [0.5, 0.6) is 5.75 Å². The molecule has 1 aromatic carbocycles. The van der Waals surface area contributed by atoms with E-state index >= 15 is 0 Å². The van der Waals surface area contributed by atoms with Crippen LogP contribution in [0.2, 0.25) is 0 Å². The van der Waals surface area contributed by atoms with Gasteiger partial charge in [0.15, 0.2) is 0 Å². The lowest BCUT2D eigenvalue weighted by Gasteiger charge is -2.39. The minimum atomic E-state index is -0.391. The van der Waals surface area contributed by atoms with Crippen LogP contribution in [0.4, 0.5) is 0 Å². The molecule has 2 N–H and O–H groups in total. The quantitative estimate of drug-likeness (QED) is 0.900. The van der Waals surface area contributed by atoms with Crippen LogP contribution in [0.3, 0.4) is 0 Å². The molecule has 0 spiro atoms. The number of benzene rings is 1. The molecule has 2 atom stereocenters. The van der Waals surface area contributed by atoms with Gasteiger partial charge in [0.2, 0.25) is 5.91 Å². The number of nitrogens with zero attached hydrogens (tertiary/aromatic N) is 2. The number of hydrogen-bond donors (Lipinski definition) is 1. The van der Waals surface area contributed by atoms with E-state index in [4.69, 9.17) is 10.5 Å². The molecule has 5 heteroatoms. The average molecular weight is 319 g/mol. The summed E-state index contributed by atoms with van der Waals surface area (Å²) in [5.74, 6) is 1.14. The first-order valence-electron chi connectivity index (χ1n) is 8.36. The Morgan fingerprint density at radius 2 is 1.83 bits per heavy atom. The van der Waals surface area contributed by atoms with Crippen molar-refractivity contribution in [1.29, 1.82) is 0 Å². The van der Waals surface area contributed by atoms with Crippen LogP contribution < -0.4 is 10.5 Å². The summed E-state index contributed by atoms with van der Waals surface area (Å²) in [6.07, 6.45) is 0. The zero-order valence-electron chi connectivity index (χ0n) is 14.7. The zero-order valence-corrected chi connectivity index (χ0v) is 14.7. The van der Waals surface area contributed by atoms with Crippen LogP contribution in [0.25, 0.3) is 0 Å². The molecule has 1 aliphatic rings. The fourth-order valence-electron chi connectivity index (χ4n) is 2.94. The Hall–Kier alpha value is -1.59. The Labute approximate surface area is 139 Å². The molecule has 128 valence electrons. The SMILES string of the molecule is COc1cccc(C(C)N2CCN(C(=O)[C@@H](N)C(C)C)CC2)c1. The van der Waals surface area contributed by atoms with Crippen molar-refractivity contribution in [1.82, 2.24) is 9.80 Å². The summed E-state index contributed by atoms with van der Waals surface area (Å²) in [6.45, 7) is 9.41. The van der Waals surface area contributed by atoms with Gasteiger partial charge in [0.1, 0.15) is 5.75 Å². The largest absolute Gasteiger partial charge is 0.497 e. The second-order valence-electron chi connectivity index (χ2n) is 6.58. The van der Waals surface area contributed by atoms with Gasteiger partial charge in [0.25, 0.3) is 0 Å². The van der Waals surface area contributed by atoms with Crippen molar-refractivity contribution in [3.8, 4) is 5.75 Å². The van der Waals surface area contributed by atoms with E-state index in [1.54, 1.807) is 7.11 Å². The van der Waals surface area contributed by atoms with Gasteiger partial charge in [-0.05, 0) is 30.5 Å². The first kappa shape index (κ1) is 17.8. The van der Waals surface area contributed by atoms with Crippen LogP contribution in [-0.4, -0.2) is 55.0 Å². The fourth-order valence-corrected chi connectivity index (χ4v) is 2.94. The van der Waals surface area contributed by atoms with Gasteiger partial charge in [0, 0.05) is 32.2 Å². The Morgan fingerprint density at radius 1 is 1.17 bits per heavy atom. The highest BCUT2D eigenvalue weighted by molar-refractivity contribution is 5.82. The third-order valence-electron chi connectivity index (χ3n) is 4.75. The van der Waals surface area contributed by atoms with Crippen LogP contribution in [0, 0.1) is 5.92 Å². The third kappa shape index (κ3) is 4.24. The Bertz CT molecular complexity index is 525. The molecule has 0 radical (unpaired) electrons. The lowest BCUT2D eigenvalue weighted by Crippen LogP contribution is -2.54. The number of ether oxygens (including phenoxy) is 1. The molecule has 1 heterocycles. The smallest absolute Gasteiger partial charge is 0.239 e. The van der Waals surface area contributed by atoms with E-state index in [0.29, 0.717) is 6.04 Å². The molecule has 1 amide bonds. The van der Waals surface area contributed by atoms with Gasteiger partial charge >= 0.3 is 0 Å². The standard InChI is InChI=1S/C18H29N3O2/c1-13(2)17(19)18(22)21-10-8-20(9-11-21)14(3)15-6-5-7-16(12-15)23-4/h5-7,12-14,17H,8-11,19H2,1-4H3/t14?,17-/m0/s1. The number of rotatable bonds is 5. The molecule has 1 fully saturated rings. The van der Waals surface area contributed by atoms with E-state index < -0.39 is 6.04 Å². The van der Waals surface area contributed by atoms with Gasteiger partial charge in [-0.3, -0.25) is 9.69 Å². The number of methoxy groups -OCH3 is 1. The summed E-state index contributed by atoms with van der Waals surface area (Å²) in [4.78, 5) is 16.6. The van der Waals surface area contributed by atoms with Crippen LogP contribution in [0.1, 0.15) is 32.4 Å². The molecule has 23 heavy (non-hydrogen) atoms. The first-order chi connectivity index (χ1) is 10.9. The summed E-state index contributed by atoms with van der Waals surface area (Å²) >= 11 is 0. The van der Waals surface area contributed by atoms with E-state index in [0.717, 1.165) is 31.9 Å². The monoisotopic (exact) mass is 319 g/mol. The maximum absolute atomic E-state index is 12.3. The van der Waals surface area contributed by atoms with Crippen molar-refractivity contribution in [2.24, 2.45) is 11.7 Å². The minimum Gasteiger partial charge on any atom is -0.497 e. The predicted molar refractivity (Wildman–Crippen MR) is 92.4 cm³/mol. The number of hydrogen-bond acceptors (Lipinski definition) is 4. The van der Waals surface area contributed by atoms with Crippen LogP contribution in [-0.2, 0) is 4.79 Å². The summed E-state index contributed by atoms with van der Waals surface area (Å²) in [5.41, 5.74) is 7.23. The van der Waals surface area contributed by atoms with Gasteiger partial charge in [0.05, 0.1) is 13.2 Å². The fraction of sp³-hybridized carbons (Fsp3) is 0.611. The lowest BCUT2D eigenvalue weighted by atomic mass is 10.0. The molecule has 2 rings (SSSR count). The van der Waals surface area contributed by atoms with Crippen molar-refractivity contribution in [3.05, 3.63) is 29.8 Å². The normalized spacial score (nSPS) is 18.8. The number of nitrogens with two attached hydrogens (primary N) is 1.